The van der Waals surface area contributed by atoms with Gasteiger partial charge in [0.05, 0.1) is 16.3 Å². The van der Waals surface area contributed by atoms with Gasteiger partial charge in [-0.3, -0.25) is 4.68 Å². The Morgan fingerprint density at radius 1 is 1.53 bits per heavy atom. The Balaban J connectivity index is 1.90. The quantitative estimate of drug-likeness (QED) is 0.897. The van der Waals surface area contributed by atoms with Gasteiger partial charge in [0.25, 0.3) is 0 Å². The predicted molar refractivity (Wildman–Crippen MR) is 70.9 cm³/mol. The van der Waals surface area contributed by atoms with E-state index < -0.39 is 12.7 Å². The Bertz CT molecular complexity index is 414. The summed E-state index contributed by atoms with van der Waals surface area (Å²) in [5.41, 5.74) is 0.879. The van der Waals surface area contributed by atoms with E-state index in [9.17, 15) is 8.78 Å². The Hall–Kier alpha value is -0.530. The van der Waals surface area contributed by atoms with Gasteiger partial charge in [0.1, 0.15) is 0 Å². The molecule has 4 nitrogen and oxygen atoms in total. The summed E-state index contributed by atoms with van der Waals surface area (Å²) in [4.78, 5) is 0. The first-order valence-corrected chi connectivity index (χ1v) is 7.20. The second kappa shape index (κ2) is 6.76. The van der Waals surface area contributed by atoms with Crippen LogP contribution in [0.2, 0.25) is 0 Å². The van der Waals surface area contributed by atoms with Gasteiger partial charge < -0.3 is 10.1 Å². The lowest BCUT2D eigenvalue weighted by Crippen LogP contribution is -2.44. The molecule has 1 aliphatic rings. The molecule has 108 valence electrons. The lowest BCUT2D eigenvalue weighted by Gasteiger charge is -2.31. The largest absolute Gasteiger partial charge is 0.345 e. The van der Waals surface area contributed by atoms with E-state index in [1.807, 2.05) is 13.2 Å². The van der Waals surface area contributed by atoms with Crippen LogP contribution in [0.15, 0.2) is 10.7 Å². The Labute approximate surface area is 119 Å². The molecule has 0 saturated heterocycles. The van der Waals surface area contributed by atoms with E-state index >= 15 is 0 Å². The molecule has 19 heavy (non-hydrogen) atoms. The Kier molecular flexibility index (Phi) is 5.29. The Morgan fingerprint density at radius 2 is 2.26 bits per heavy atom. The topological polar surface area (TPSA) is 39.1 Å². The minimum Gasteiger partial charge on any atom is -0.318 e. The third-order valence-corrected chi connectivity index (χ3v) is 4.03. The van der Waals surface area contributed by atoms with Gasteiger partial charge in [-0.25, -0.2) is 0 Å². The highest BCUT2D eigenvalue weighted by Crippen LogP contribution is 2.24. The minimum absolute atomic E-state index is 0.0309. The standard InChI is InChI=1S/C12H18BrF2N3O/c1-18-7-8(13)10(17-18)6-16-9-4-2-3-5-11(9)19-12(14)15/h7,9,11-12,16H,2-6H2,1H3/t9-,11-/m1/s1. The second-order valence-electron chi connectivity index (χ2n) is 4.80. The van der Waals surface area contributed by atoms with E-state index in [1.54, 1.807) is 4.68 Å². The van der Waals surface area contributed by atoms with Crippen LogP contribution in [-0.2, 0) is 18.3 Å². The molecule has 0 radical (unpaired) electrons. The third kappa shape index (κ3) is 4.22. The van der Waals surface area contributed by atoms with Crippen molar-refractivity contribution in [3.63, 3.8) is 0 Å². The van der Waals surface area contributed by atoms with E-state index in [0.717, 1.165) is 29.4 Å². The molecule has 1 aromatic heterocycles. The molecule has 0 unspecified atom stereocenters. The first-order chi connectivity index (χ1) is 9.06. The molecule has 0 aliphatic heterocycles. The highest BCUT2D eigenvalue weighted by molar-refractivity contribution is 9.10. The van der Waals surface area contributed by atoms with Crippen molar-refractivity contribution >= 4 is 15.9 Å². The predicted octanol–water partition coefficient (Wildman–Crippen LogP) is 2.82. The fraction of sp³-hybridized carbons (Fsp3) is 0.750. The molecule has 2 atom stereocenters. The zero-order valence-corrected chi connectivity index (χ0v) is 12.4. The lowest BCUT2D eigenvalue weighted by atomic mass is 9.92. The summed E-state index contributed by atoms with van der Waals surface area (Å²) < 4.78 is 32.0. The van der Waals surface area contributed by atoms with Gasteiger partial charge >= 0.3 is 6.61 Å². The molecule has 7 heteroatoms. The molecule has 2 rings (SSSR count). The monoisotopic (exact) mass is 337 g/mol. The van der Waals surface area contributed by atoms with Gasteiger partial charge in [0.2, 0.25) is 0 Å². The summed E-state index contributed by atoms with van der Waals surface area (Å²) in [5, 5.41) is 7.58. The Morgan fingerprint density at radius 3 is 2.89 bits per heavy atom. The molecule has 1 N–H and O–H groups in total. The molecular formula is C12H18BrF2N3O. The molecule has 1 heterocycles. The summed E-state index contributed by atoms with van der Waals surface area (Å²) in [6.07, 6.45) is 5.00. The van der Waals surface area contributed by atoms with Gasteiger partial charge in [-0.15, -0.1) is 0 Å². The van der Waals surface area contributed by atoms with Gasteiger partial charge in [-0.05, 0) is 28.8 Å². The zero-order chi connectivity index (χ0) is 13.8. The van der Waals surface area contributed by atoms with Crippen LogP contribution in [0.25, 0.3) is 0 Å². The molecule has 0 aromatic carbocycles. The van der Waals surface area contributed by atoms with Crippen LogP contribution in [0.5, 0.6) is 0 Å². The zero-order valence-electron chi connectivity index (χ0n) is 10.8. The van der Waals surface area contributed by atoms with E-state index in [1.165, 1.54) is 0 Å². The fourth-order valence-electron chi connectivity index (χ4n) is 2.48. The number of ether oxygens (including phenoxy) is 1. The summed E-state index contributed by atoms with van der Waals surface area (Å²) >= 11 is 3.42. The second-order valence-corrected chi connectivity index (χ2v) is 5.66. The van der Waals surface area contributed by atoms with Crippen molar-refractivity contribution in [3.05, 3.63) is 16.4 Å². The SMILES string of the molecule is Cn1cc(Br)c(CN[C@@H]2CCCC[C@H]2OC(F)F)n1. The number of aromatic nitrogens is 2. The summed E-state index contributed by atoms with van der Waals surface area (Å²) in [7, 11) is 1.84. The number of nitrogens with zero attached hydrogens (tertiary/aromatic N) is 2. The van der Waals surface area contributed by atoms with E-state index in [-0.39, 0.29) is 6.04 Å². The highest BCUT2D eigenvalue weighted by atomic mass is 79.9. The molecule has 1 aromatic rings. The summed E-state index contributed by atoms with van der Waals surface area (Å²) in [6.45, 7) is -2.15. The summed E-state index contributed by atoms with van der Waals surface area (Å²) in [6, 6.07) is -0.0309. The maximum atomic E-state index is 12.4. The number of halogens is 3. The van der Waals surface area contributed by atoms with Crippen molar-refractivity contribution in [1.29, 1.82) is 0 Å². The maximum absolute atomic E-state index is 12.4. The highest BCUT2D eigenvalue weighted by Gasteiger charge is 2.28. The van der Waals surface area contributed by atoms with E-state index in [4.69, 9.17) is 4.74 Å². The first kappa shape index (κ1) is 14.9. The maximum Gasteiger partial charge on any atom is 0.345 e. The van der Waals surface area contributed by atoms with Crippen molar-refractivity contribution < 1.29 is 13.5 Å². The molecule has 1 aliphatic carbocycles. The molecule has 0 amide bonds. The molecule has 1 fully saturated rings. The number of aryl methyl sites for hydroxylation is 1. The van der Waals surface area contributed by atoms with Crippen LogP contribution >= 0.6 is 15.9 Å². The number of nitrogens with one attached hydrogen (secondary N) is 1. The van der Waals surface area contributed by atoms with Crippen molar-refractivity contribution in [3.8, 4) is 0 Å². The van der Waals surface area contributed by atoms with Gasteiger partial charge in [-0.2, -0.15) is 13.9 Å². The van der Waals surface area contributed by atoms with E-state index in [0.29, 0.717) is 13.0 Å². The normalized spacial score (nSPS) is 24.1. The van der Waals surface area contributed by atoms with Gasteiger partial charge in [-0.1, -0.05) is 12.8 Å². The van der Waals surface area contributed by atoms with Crippen LogP contribution in [0.4, 0.5) is 8.78 Å². The third-order valence-electron chi connectivity index (χ3n) is 3.37. The average molecular weight is 338 g/mol. The molecule has 0 spiro atoms. The molecule has 1 saturated carbocycles. The minimum atomic E-state index is -2.70. The van der Waals surface area contributed by atoms with Crippen molar-refractivity contribution in [2.45, 2.75) is 51.0 Å². The first-order valence-electron chi connectivity index (χ1n) is 6.41. The molecular weight excluding hydrogens is 320 g/mol. The van der Waals surface area contributed by atoms with Gasteiger partial charge in [0, 0.05) is 25.8 Å². The van der Waals surface area contributed by atoms with Gasteiger partial charge in [0.15, 0.2) is 0 Å². The average Bonchev–Trinajstić information content (AvgIpc) is 2.66. The number of hydrogen-bond donors (Lipinski definition) is 1. The molecule has 0 bridgehead atoms. The smallest absolute Gasteiger partial charge is 0.318 e. The lowest BCUT2D eigenvalue weighted by molar-refractivity contribution is -0.176. The van der Waals surface area contributed by atoms with Crippen LogP contribution in [0, 0.1) is 0 Å². The van der Waals surface area contributed by atoms with Crippen molar-refractivity contribution in [1.82, 2.24) is 15.1 Å². The fourth-order valence-corrected chi connectivity index (χ4v) is 2.99. The number of rotatable bonds is 5. The summed E-state index contributed by atoms with van der Waals surface area (Å²) in [5.74, 6) is 0. The van der Waals surface area contributed by atoms with Crippen LogP contribution in [0.3, 0.4) is 0 Å². The van der Waals surface area contributed by atoms with E-state index in [2.05, 4.69) is 26.3 Å². The number of alkyl halides is 2. The van der Waals surface area contributed by atoms with Crippen LogP contribution < -0.4 is 5.32 Å². The van der Waals surface area contributed by atoms with Crippen molar-refractivity contribution in [2.24, 2.45) is 7.05 Å². The van der Waals surface area contributed by atoms with Crippen LogP contribution in [0.1, 0.15) is 31.4 Å². The van der Waals surface area contributed by atoms with Crippen LogP contribution in [-0.4, -0.2) is 28.5 Å². The number of hydrogen-bond acceptors (Lipinski definition) is 3. The van der Waals surface area contributed by atoms with Crippen molar-refractivity contribution in [2.75, 3.05) is 0 Å².